The average Bonchev–Trinajstić information content (AvgIpc) is 2.35. The van der Waals surface area contributed by atoms with Gasteiger partial charge in [-0.15, -0.1) is 0 Å². The van der Waals surface area contributed by atoms with Crippen molar-refractivity contribution in [2.24, 2.45) is 0 Å². The van der Waals surface area contributed by atoms with E-state index in [0.29, 0.717) is 0 Å². The minimum absolute atomic E-state index is 0.0828. The van der Waals surface area contributed by atoms with Gasteiger partial charge in [0.15, 0.2) is 0 Å². The highest BCUT2D eigenvalue weighted by molar-refractivity contribution is 5.88. The molecule has 0 aromatic carbocycles. The van der Waals surface area contributed by atoms with Gasteiger partial charge in [0.25, 0.3) is 0 Å². The van der Waals surface area contributed by atoms with Crippen LogP contribution in [0.15, 0.2) is 37.0 Å². The molecule has 0 bridgehead atoms. The van der Waals surface area contributed by atoms with Gasteiger partial charge in [-0.1, -0.05) is 19.2 Å². The van der Waals surface area contributed by atoms with Gasteiger partial charge in [-0.05, 0) is 6.42 Å². The second kappa shape index (κ2) is 12.1. The van der Waals surface area contributed by atoms with Crippen LogP contribution in [-0.4, -0.2) is 46.4 Å². The summed E-state index contributed by atoms with van der Waals surface area (Å²) in [6.45, 7) is 6.04. The standard InChI is InChI=1S/C9H12O5.C3H4O2/c1-7(3-2-4-8(11)12)9(13)14-6-5-10;1-2-3(4)5/h2,4,10H,1,3,5-6H2,(H,11,12);2H,1H2,(H,4,5). The van der Waals surface area contributed by atoms with E-state index in [4.69, 9.17) is 15.3 Å². The van der Waals surface area contributed by atoms with Gasteiger partial charge < -0.3 is 20.1 Å². The molecule has 0 unspecified atom stereocenters. The molecule has 0 aliphatic heterocycles. The quantitative estimate of drug-likeness (QED) is 0.452. The molecular weight excluding hydrogens is 256 g/mol. The van der Waals surface area contributed by atoms with Gasteiger partial charge in [-0.25, -0.2) is 14.4 Å². The first-order valence-corrected chi connectivity index (χ1v) is 5.05. The van der Waals surface area contributed by atoms with E-state index in [-0.39, 0.29) is 25.2 Å². The molecule has 0 fully saturated rings. The Labute approximate surface area is 110 Å². The Bertz CT molecular complexity index is 368. The van der Waals surface area contributed by atoms with Gasteiger partial charge in [0.2, 0.25) is 0 Å². The molecule has 0 radical (unpaired) electrons. The van der Waals surface area contributed by atoms with Crippen LogP contribution in [0.5, 0.6) is 0 Å². The number of allylic oxidation sites excluding steroid dienone is 1. The van der Waals surface area contributed by atoms with Crippen molar-refractivity contribution in [2.75, 3.05) is 13.2 Å². The summed E-state index contributed by atoms with van der Waals surface area (Å²) < 4.78 is 4.54. The van der Waals surface area contributed by atoms with Crippen molar-refractivity contribution in [1.29, 1.82) is 0 Å². The number of hydrogen-bond donors (Lipinski definition) is 3. The lowest BCUT2D eigenvalue weighted by Gasteiger charge is -2.02. The summed E-state index contributed by atoms with van der Waals surface area (Å²) >= 11 is 0. The molecule has 19 heavy (non-hydrogen) atoms. The Balaban J connectivity index is 0. The second-order valence-corrected chi connectivity index (χ2v) is 2.95. The summed E-state index contributed by atoms with van der Waals surface area (Å²) in [6, 6.07) is 0. The third kappa shape index (κ3) is 15.6. The third-order valence-corrected chi connectivity index (χ3v) is 1.41. The number of esters is 1. The summed E-state index contributed by atoms with van der Waals surface area (Å²) in [5.41, 5.74) is 0.149. The number of aliphatic carboxylic acids is 2. The van der Waals surface area contributed by atoms with Crippen molar-refractivity contribution in [3.05, 3.63) is 37.0 Å². The predicted octanol–water partition coefficient (Wildman–Crippen LogP) is 0.366. The van der Waals surface area contributed by atoms with Crippen molar-refractivity contribution in [3.63, 3.8) is 0 Å². The van der Waals surface area contributed by atoms with Crippen LogP contribution in [0.4, 0.5) is 0 Å². The van der Waals surface area contributed by atoms with Gasteiger partial charge in [-0.3, -0.25) is 0 Å². The van der Waals surface area contributed by atoms with E-state index in [0.717, 1.165) is 12.2 Å². The highest BCUT2D eigenvalue weighted by Crippen LogP contribution is 2.01. The van der Waals surface area contributed by atoms with E-state index in [2.05, 4.69) is 17.9 Å². The first kappa shape index (κ1) is 18.9. The summed E-state index contributed by atoms with van der Waals surface area (Å²) in [5, 5.41) is 24.2. The molecule has 7 heteroatoms. The lowest BCUT2D eigenvalue weighted by molar-refractivity contribution is -0.140. The number of carboxylic acids is 2. The van der Waals surface area contributed by atoms with E-state index in [1.807, 2.05) is 0 Å². The fourth-order valence-corrected chi connectivity index (χ4v) is 0.626. The molecule has 0 atom stereocenters. The molecule has 0 saturated carbocycles. The fourth-order valence-electron chi connectivity index (χ4n) is 0.626. The summed E-state index contributed by atoms with van der Waals surface area (Å²) in [5.74, 6) is -2.69. The largest absolute Gasteiger partial charge is 0.478 e. The second-order valence-electron chi connectivity index (χ2n) is 2.95. The smallest absolute Gasteiger partial charge is 0.333 e. The average molecular weight is 272 g/mol. The Hall–Kier alpha value is -2.41. The first-order valence-electron chi connectivity index (χ1n) is 5.05. The van der Waals surface area contributed by atoms with Crippen LogP contribution >= 0.6 is 0 Å². The maximum Gasteiger partial charge on any atom is 0.333 e. The van der Waals surface area contributed by atoms with Gasteiger partial charge in [-0.2, -0.15) is 0 Å². The summed E-state index contributed by atoms with van der Waals surface area (Å²) in [7, 11) is 0. The molecule has 3 N–H and O–H groups in total. The van der Waals surface area contributed by atoms with Crippen molar-refractivity contribution in [2.45, 2.75) is 6.42 Å². The molecule has 0 saturated heterocycles. The Kier molecular flexibility index (Phi) is 12.0. The van der Waals surface area contributed by atoms with Gasteiger partial charge in [0.1, 0.15) is 6.61 Å². The number of carbonyl (C=O) groups excluding carboxylic acids is 1. The van der Waals surface area contributed by atoms with E-state index in [9.17, 15) is 14.4 Å². The van der Waals surface area contributed by atoms with Crippen LogP contribution in [0.25, 0.3) is 0 Å². The maximum atomic E-state index is 11.0. The van der Waals surface area contributed by atoms with Gasteiger partial charge in [0.05, 0.1) is 6.61 Å². The van der Waals surface area contributed by atoms with Crippen LogP contribution in [0, 0.1) is 0 Å². The van der Waals surface area contributed by atoms with Crippen LogP contribution in [0.1, 0.15) is 6.42 Å². The van der Waals surface area contributed by atoms with Crippen molar-refractivity contribution in [3.8, 4) is 0 Å². The van der Waals surface area contributed by atoms with Crippen molar-refractivity contribution < 1.29 is 34.4 Å². The van der Waals surface area contributed by atoms with Crippen LogP contribution < -0.4 is 0 Å². The highest BCUT2D eigenvalue weighted by atomic mass is 16.5. The Morgan fingerprint density at radius 2 is 1.68 bits per heavy atom. The van der Waals surface area contributed by atoms with E-state index in [1.165, 1.54) is 6.08 Å². The monoisotopic (exact) mass is 272 g/mol. The number of aliphatic hydroxyl groups is 1. The topological polar surface area (TPSA) is 121 Å². The van der Waals surface area contributed by atoms with Crippen LogP contribution in [0.2, 0.25) is 0 Å². The highest BCUT2D eigenvalue weighted by Gasteiger charge is 2.05. The molecule has 7 nitrogen and oxygen atoms in total. The molecule has 0 aromatic heterocycles. The Morgan fingerprint density at radius 1 is 1.16 bits per heavy atom. The third-order valence-electron chi connectivity index (χ3n) is 1.41. The predicted molar refractivity (Wildman–Crippen MR) is 66.4 cm³/mol. The zero-order chi connectivity index (χ0) is 15.3. The van der Waals surface area contributed by atoms with Crippen LogP contribution in [0.3, 0.4) is 0 Å². The first-order chi connectivity index (χ1) is 8.84. The normalized spacial score (nSPS) is 9.11. The lowest BCUT2D eigenvalue weighted by atomic mass is 10.2. The minimum Gasteiger partial charge on any atom is -0.478 e. The van der Waals surface area contributed by atoms with Crippen LogP contribution in [-0.2, 0) is 19.1 Å². The van der Waals surface area contributed by atoms with E-state index in [1.54, 1.807) is 0 Å². The molecule has 0 spiro atoms. The fraction of sp³-hybridized carbons (Fsp3) is 0.250. The number of aliphatic hydroxyl groups excluding tert-OH is 1. The molecule has 0 aliphatic carbocycles. The van der Waals surface area contributed by atoms with Crippen molar-refractivity contribution in [1.82, 2.24) is 0 Å². The maximum absolute atomic E-state index is 11.0. The summed E-state index contributed by atoms with van der Waals surface area (Å²) in [6.07, 6.45) is 3.17. The molecular formula is C12H16O7. The zero-order valence-corrected chi connectivity index (χ0v) is 10.2. The molecule has 0 rings (SSSR count). The number of carbonyl (C=O) groups is 3. The van der Waals surface area contributed by atoms with Gasteiger partial charge in [0, 0.05) is 17.7 Å². The van der Waals surface area contributed by atoms with Gasteiger partial charge >= 0.3 is 17.9 Å². The van der Waals surface area contributed by atoms with Crippen molar-refractivity contribution >= 4 is 17.9 Å². The SMILES string of the molecule is C=C(CC=CC(=O)O)C(=O)OCCO.C=CC(=O)O. The number of hydrogen-bond acceptors (Lipinski definition) is 5. The minimum atomic E-state index is -1.08. The number of carboxylic acid groups (broad SMARTS) is 2. The zero-order valence-electron chi connectivity index (χ0n) is 10.2. The van der Waals surface area contributed by atoms with E-state index < -0.39 is 17.9 Å². The summed E-state index contributed by atoms with van der Waals surface area (Å²) in [4.78, 5) is 30.3. The molecule has 0 amide bonds. The van der Waals surface area contributed by atoms with E-state index >= 15 is 0 Å². The molecule has 0 aromatic rings. The molecule has 106 valence electrons. The Morgan fingerprint density at radius 3 is 2.05 bits per heavy atom. The lowest BCUT2D eigenvalue weighted by Crippen LogP contribution is -2.09. The number of rotatable bonds is 7. The molecule has 0 heterocycles. The molecule has 0 aliphatic rings. The number of ether oxygens (including phenoxy) is 1.